The Morgan fingerprint density at radius 2 is 2.24 bits per heavy atom. The van der Waals surface area contributed by atoms with E-state index >= 15 is 0 Å². The number of nitrogens with zero attached hydrogens (tertiary/aromatic N) is 1. The zero-order valence-corrected chi connectivity index (χ0v) is 14.6. The molecular formula is C12H18BrN3O3S2. The first-order valence-electron chi connectivity index (χ1n) is 6.68. The van der Waals surface area contributed by atoms with Gasteiger partial charge < -0.3 is 10.6 Å². The predicted octanol–water partition coefficient (Wildman–Crippen LogP) is 1.13. The van der Waals surface area contributed by atoms with Gasteiger partial charge in [-0.1, -0.05) is 0 Å². The number of piperidine rings is 1. The molecule has 1 amide bonds. The average molecular weight is 396 g/mol. The van der Waals surface area contributed by atoms with E-state index in [0.717, 1.165) is 34.4 Å². The number of rotatable bonds is 5. The fraction of sp³-hybridized carbons (Fsp3) is 0.583. The van der Waals surface area contributed by atoms with Gasteiger partial charge in [0, 0.05) is 19.1 Å². The van der Waals surface area contributed by atoms with Gasteiger partial charge in [0.1, 0.15) is 4.21 Å². The summed E-state index contributed by atoms with van der Waals surface area (Å²) in [5.74, 6) is -0.218. The third kappa shape index (κ3) is 4.26. The molecule has 0 bridgehead atoms. The number of thiophene rings is 1. The maximum absolute atomic E-state index is 12.2. The summed E-state index contributed by atoms with van der Waals surface area (Å²) in [6, 6.07) is 3.19. The van der Waals surface area contributed by atoms with E-state index in [1.165, 1.54) is 6.07 Å². The second kappa shape index (κ2) is 7.19. The lowest BCUT2D eigenvalue weighted by Crippen LogP contribution is -2.50. The average Bonchev–Trinajstić information content (AvgIpc) is 2.92. The lowest BCUT2D eigenvalue weighted by atomic mass is 10.0. The van der Waals surface area contributed by atoms with Crippen molar-refractivity contribution >= 4 is 43.2 Å². The molecule has 118 valence electrons. The molecule has 1 atom stereocenters. The highest BCUT2D eigenvalue weighted by molar-refractivity contribution is 9.11. The van der Waals surface area contributed by atoms with E-state index in [-0.39, 0.29) is 22.7 Å². The van der Waals surface area contributed by atoms with Gasteiger partial charge in [-0.3, -0.25) is 4.79 Å². The van der Waals surface area contributed by atoms with Crippen LogP contribution in [-0.4, -0.2) is 44.9 Å². The highest BCUT2D eigenvalue weighted by Gasteiger charge is 2.26. The minimum absolute atomic E-state index is 0.0200. The van der Waals surface area contributed by atoms with Crippen molar-refractivity contribution in [2.24, 2.45) is 5.73 Å². The molecule has 0 spiro atoms. The summed E-state index contributed by atoms with van der Waals surface area (Å²) in [5.41, 5.74) is 5.67. The number of nitrogens with one attached hydrogen (secondary N) is 1. The van der Waals surface area contributed by atoms with Crippen LogP contribution in [-0.2, 0) is 14.8 Å². The highest BCUT2D eigenvalue weighted by Crippen LogP contribution is 2.25. The molecule has 1 aromatic heterocycles. The number of hydrogen-bond acceptors (Lipinski definition) is 5. The van der Waals surface area contributed by atoms with Crippen LogP contribution in [0.15, 0.2) is 20.1 Å². The molecule has 0 radical (unpaired) electrons. The molecule has 9 heteroatoms. The van der Waals surface area contributed by atoms with E-state index in [9.17, 15) is 13.2 Å². The van der Waals surface area contributed by atoms with E-state index in [1.807, 2.05) is 0 Å². The fourth-order valence-corrected chi connectivity index (χ4v) is 5.37. The Hall–Kier alpha value is -0.480. The Morgan fingerprint density at radius 1 is 1.48 bits per heavy atom. The summed E-state index contributed by atoms with van der Waals surface area (Å²) in [5, 5.41) is 0. The van der Waals surface area contributed by atoms with Gasteiger partial charge in [-0.15, -0.1) is 11.3 Å². The lowest BCUT2D eigenvalue weighted by molar-refractivity contribution is -0.133. The van der Waals surface area contributed by atoms with Crippen molar-refractivity contribution in [2.75, 3.05) is 19.6 Å². The van der Waals surface area contributed by atoms with Gasteiger partial charge in [0.25, 0.3) is 10.0 Å². The smallest absolute Gasteiger partial charge is 0.250 e. The summed E-state index contributed by atoms with van der Waals surface area (Å²) < 4.78 is 27.4. The number of nitrogens with two attached hydrogens (primary N) is 1. The minimum atomic E-state index is -3.64. The largest absolute Gasteiger partial charge is 0.337 e. The van der Waals surface area contributed by atoms with Crippen molar-refractivity contribution < 1.29 is 13.2 Å². The molecule has 2 rings (SSSR count). The normalized spacial score (nSPS) is 19.7. The second-order valence-corrected chi connectivity index (χ2v) is 9.31. The molecule has 6 nitrogen and oxygen atoms in total. The van der Waals surface area contributed by atoms with Crippen LogP contribution in [0.3, 0.4) is 0 Å². The number of likely N-dealkylation sites (tertiary alicyclic amines) is 1. The molecule has 21 heavy (non-hydrogen) atoms. The molecule has 3 N–H and O–H groups in total. The standard InChI is InChI=1S/C12H18BrN3O3S2/c13-10-4-5-12(20-10)21(18,19)15-8-11(17)16-6-2-1-3-9(16)7-14/h4-5,9,15H,1-3,6-8,14H2. The van der Waals surface area contributed by atoms with Crippen molar-refractivity contribution in [2.45, 2.75) is 29.5 Å². The molecule has 1 aromatic rings. The Balaban J connectivity index is 1.97. The van der Waals surface area contributed by atoms with Gasteiger partial charge in [0.2, 0.25) is 5.91 Å². The minimum Gasteiger partial charge on any atom is -0.337 e. The molecule has 0 saturated carbocycles. The molecule has 1 saturated heterocycles. The van der Waals surface area contributed by atoms with Crippen LogP contribution in [0.25, 0.3) is 0 Å². The summed E-state index contributed by atoms with van der Waals surface area (Å²) in [6.07, 6.45) is 2.88. The first-order valence-corrected chi connectivity index (χ1v) is 9.78. The van der Waals surface area contributed by atoms with E-state index in [2.05, 4.69) is 20.7 Å². The fourth-order valence-electron chi connectivity index (χ4n) is 2.35. The van der Waals surface area contributed by atoms with Crippen LogP contribution in [0.5, 0.6) is 0 Å². The molecule has 2 heterocycles. The Kier molecular flexibility index (Phi) is 5.78. The first kappa shape index (κ1) is 16.9. The third-order valence-corrected chi connectivity index (χ3v) is 6.96. The summed E-state index contributed by atoms with van der Waals surface area (Å²) >= 11 is 4.33. The predicted molar refractivity (Wildman–Crippen MR) is 85.6 cm³/mol. The molecule has 0 aromatic carbocycles. The van der Waals surface area contributed by atoms with Gasteiger partial charge >= 0.3 is 0 Å². The van der Waals surface area contributed by atoms with Crippen LogP contribution in [0.2, 0.25) is 0 Å². The van der Waals surface area contributed by atoms with Crippen molar-refractivity contribution in [1.82, 2.24) is 9.62 Å². The number of sulfonamides is 1. The van der Waals surface area contributed by atoms with Gasteiger partial charge in [0.05, 0.1) is 10.3 Å². The van der Waals surface area contributed by atoms with Crippen molar-refractivity contribution in [1.29, 1.82) is 0 Å². The number of carbonyl (C=O) groups excluding carboxylic acids is 1. The summed E-state index contributed by atoms with van der Waals surface area (Å²) in [6.45, 7) is 0.831. The van der Waals surface area contributed by atoms with Gasteiger partial charge in [0.15, 0.2) is 0 Å². The van der Waals surface area contributed by atoms with Crippen LogP contribution < -0.4 is 10.5 Å². The zero-order valence-electron chi connectivity index (χ0n) is 11.4. The maximum atomic E-state index is 12.2. The molecule has 0 aliphatic carbocycles. The maximum Gasteiger partial charge on any atom is 0.250 e. The lowest BCUT2D eigenvalue weighted by Gasteiger charge is -2.35. The summed E-state index contributed by atoms with van der Waals surface area (Å²) in [7, 11) is -3.64. The first-order chi connectivity index (χ1) is 9.94. The van der Waals surface area contributed by atoms with Crippen LogP contribution in [0, 0.1) is 0 Å². The number of amides is 1. The van der Waals surface area contributed by atoms with Crippen LogP contribution in [0.4, 0.5) is 0 Å². The quantitative estimate of drug-likeness (QED) is 0.781. The topological polar surface area (TPSA) is 92.5 Å². The molecule has 1 unspecified atom stereocenters. The van der Waals surface area contributed by atoms with Crippen molar-refractivity contribution in [3.63, 3.8) is 0 Å². The number of halogens is 1. The summed E-state index contributed by atoms with van der Waals surface area (Å²) in [4.78, 5) is 13.9. The molecule has 1 aliphatic rings. The third-order valence-electron chi connectivity index (χ3n) is 3.45. The molecule has 1 aliphatic heterocycles. The van der Waals surface area contributed by atoms with E-state index < -0.39 is 10.0 Å². The van der Waals surface area contributed by atoms with Crippen LogP contribution >= 0.6 is 27.3 Å². The van der Waals surface area contributed by atoms with Gasteiger partial charge in [-0.25, -0.2) is 13.1 Å². The van der Waals surface area contributed by atoms with Gasteiger partial charge in [-0.05, 0) is 47.3 Å². The Morgan fingerprint density at radius 3 is 2.86 bits per heavy atom. The Bertz CT molecular complexity index is 603. The van der Waals surface area contributed by atoms with Crippen molar-refractivity contribution in [3.8, 4) is 0 Å². The highest BCUT2D eigenvalue weighted by atomic mass is 79.9. The van der Waals surface area contributed by atoms with E-state index in [1.54, 1.807) is 11.0 Å². The van der Waals surface area contributed by atoms with Crippen molar-refractivity contribution in [3.05, 3.63) is 15.9 Å². The SMILES string of the molecule is NCC1CCCCN1C(=O)CNS(=O)(=O)c1ccc(Br)s1. The van der Waals surface area contributed by atoms with E-state index in [4.69, 9.17) is 5.73 Å². The second-order valence-electron chi connectivity index (χ2n) is 4.86. The van der Waals surface area contributed by atoms with E-state index in [0.29, 0.717) is 13.1 Å². The number of carbonyl (C=O) groups is 1. The molecular weight excluding hydrogens is 378 g/mol. The monoisotopic (exact) mass is 395 g/mol. The Labute approximate surface area is 136 Å². The van der Waals surface area contributed by atoms with Crippen LogP contribution in [0.1, 0.15) is 19.3 Å². The zero-order chi connectivity index (χ0) is 15.5. The van der Waals surface area contributed by atoms with Gasteiger partial charge in [-0.2, -0.15) is 0 Å². The number of hydrogen-bond donors (Lipinski definition) is 2. The molecule has 1 fully saturated rings.